The highest BCUT2D eigenvalue weighted by atomic mass is 35.5. The molecule has 2 aromatic rings. The van der Waals surface area contributed by atoms with Crippen LogP contribution in [0.4, 0.5) is 11.5 Å². The van der Waals surface area contributed by atoms with Gasteiger partial charge < -0.3 is 5.32 Å². The van der Waals surface area contributed by atoms with E-state index < -0.39 is 0 Å². The second-order valence-corrected chi connectivity index (χ2v) is 4.09. The molecule has 1 aromatic carbocycles. The number of nitrogens with zero attached hydrogens (tertiary/aromatic N) is 3. The van der Waals surface area contributed by atoms with Gasteiger partial charge in [-0.05, 0) is 24.6 Å². The molecule has 5 heteroatoms. The molecule has 1 N–H and O–H groups in total. The highest BCUT2D eigenvalue weighted by molar-refractivity contribution is 6.33. The topological polar surface area (TPSA) is 61.6 Å². The Morgan fingerprint density at radius 2 is 2.17 bits per heavy atom. The molecular formula is C13H11ClN4. The second-order valence-electron chi connectivity index (χ2n) is 3.68. The molecule has 0 radical (unpaired) electrons. The molecule has 1 heterocycles. The molecule has 0 unspecified atom stereocenters. The lowest BCUT2D eigenvalue weighted by atomic mass is 10.2. The van der Waals surface area contributed by atoms with Gasteiger partial charge in [-0.3, -0.25) is 0 Å². The van der Waals surface area contributed by atoms with E-state index in [4.69, 9.17) is 16.9 Å². The number of nitrogens with one attached hydrogen (secondary N) is 1. The zero-order valence-corrected chi connectivity index (χ0v) is 10.6. The molecule has 0 aliphatic heterocycles. The molecule has 0 aliphatic rings. The fourth-order valence-electron chi connectivity index (χ4n) is 1.48. The molecule has 18 heavy (non-hydrogen) atoms. The summed E-state index contributed by atoms with van der Waals surface area (Å²) in [6.45, 7) is 2.03. The zero-order chi connectivity index (χ0) is 13.0. The number of nitriles is 1. The first-order chi connectivity index (χ1) is 8.72. The normalized spacial score (nSPS) is 9.83. The summed E-state index contributed by atoms with van der Waals surface area (Å²) in [7, 11) is 0. The summed E-state index contributed by atoms with van der Waals surface area (Å²) in [5, 5.41) is 12.4. The van der Waals surface area contributed by atoms with E-state index in [0.717, 1.165) is 17.8 Å². The summed E-state index contributed by atoms with van der Waals surface area (Å²) in [6, 6.07) is 8.99. The van der Waals surface area contributed by atoms with Crippen molar-refractivity contribution in [1.29, 1.82) is 5.26 Å². The van der Waals surface area contributed by atoms with Gasteiger partial charge in [0, 0.05) is 11.8 Å². The van der Waals surface area contributed by atoms with Crippen molar-refractivity contribution >= 4 is 23.1 Å². The SMILES string of the molecule is CCc1cc(Nc2ccc(C#N)cc2Cl)ncn1. The predicted molar refractivity (Wildman–Crippen MR) is 70.9 cm³/mol. The maximum Gasteiger partial charge on any atom is 0.134 e. The van der Waals surface area contributed by atoms with Gasteiger partial charge in [-0.2, -0.15) is 5.26 Å². The molecular weight excluding hydrogens is 248 g/mol. The lowest BCUT2D eigenvalue weighted by Crippen LogP contribution is -1.97. The van der Waals surface area contributed by atoms with Crippen LogP contribution in [-0.4, -0.2) is 9.97 Å². The Kier molecular flexibility index (Phi) is 3.75. The molecule has 1 aromatic heterocycles. The van der Waals surface area contributed by atoms with E-state index in [1.165, 1.54) is 6.33 Å². The van der Waals surface area contributed by atoms with Crippen molar-refractivity contribution < 1.29 is 0 Å². The lowest BCUT2D eigenvalue weighted by molar-refractivity contribution is 1.00. The fraction of sp³-hybridized carbons (Fsp3) is 0.154. The monoisotopic (exact) mass is 258 g/mol. The third kappa shape index (κ3) is 2.76. The van der Waals surface area contributed by atoms with Gasteiger partial charge >= 0.3 is 0 Å². The van der Waals surface area contributed by atoms with Gasteiger partial charge in [-0.15, -0.1) is 0 Å². The zero-order valence-electron chi connectivity index (χ0n) is 9.81. The number of hydrogen-bond donors (Lipinski definition) is 1. The van der Waals surface area contributed by atoms with Crippen molar-refractivity contribution in [2.24, 2.45) is 0 Å². The largest absolute Gasteiger partial charge is 0.339 e. The van der Waals surface area contributed by atoms with Crippen LogP contribution < -0.4 is 5.32 Å². The third-order valence-corrected chi connectivity index (χ3v) is 2.76. The van der Waals surface area contributed by atoms with Crippen molar-refractivity contribution in [3.05, 3.63) is 46.9 Å². The minimum atomic E-state index is 0.491. The molecule has 90 valence electrons. The number of benzene rings is 1. The summed E-state index contributed by atoms with van der Waals surface area (Å²) in [4.78, 5) is 8.24. The van der Waals surface area contributed by atoms with Gasteiger partial charge in [0.15, 0.2) is 0 Å². The summed E-state index contributed by atoms with van der Waals surface area (Å²) in [6.07, 6.45) is 2.36. The van der Waals surface area contributed by atoms with Crippen molar-refractivity contribution in [3.63, 3.8) is 0 Å². The minimum absolute atomic E-state index is 0.491. The van der Waals surface area contributed by atoms with Crippen LogP contribution in [-0.2, 0) is 6.42 Å². The van der Waals surface area contributed by atoms with E-state index in [1.54, 1.807) is 18.2 Å². The Hall–Kier alpha value is -2.12. The smallest absolute Gasteiger partial charge is 0.134 e. The number of rotatable bonds is 3. The molecule has 0 fully saturated rings. The Labute approximate surface area is 110 Å². The van der Waals surface area contributed by atoms with Gasteiger partial charge in [0.1, 0.15) is 12.1 Å². The highest BCUT2D eigenvalue weighted by Gasteiger charge is 2.03. The molecule has 0 saturated heterocycles. The van der Waals surface area contributed by atoms with Crippen LogP contribution in [0.5, 0.6) is 0 Å². The average Bonchev–Trinajstić information content (AvgIpc) is 2.41. The quantitative estimate of drug-likeness (QED) is 0.917. The number of aryl methyl sites for hydroxylation is 1. The first kappa shape index (κ1) is 12.3. The summed E-state index contributed by atoms with van der Waals surface area (Å²) in [5.41, 5.74) is 2.20. The van der Waals surface area contributed by atoms with Gasteiger partial charge in [-0.25, -0.2) is 9.97 Å². The molecule has 4 nitrogen and oxygen atoms in total. The van der Waals surface area contributed by atoms with Gasteiger partial charge in [-0.1, -0.05) is 18.5 Å². The average molecular weight is 259 g/mol. The Bertz CT molecular complexity index is 604. The predicted octanol–water partition coefficient (Wildman–Crippen LogP) is 3.31. The maximum absolute atomic E-state index is 8.76. The number of aromatic nitrogens is 2. The van der Waals surface area contributed by atoms with E-state index in [2.05, 4.69) is 15.3 Å². The van der Waals surface area contributed by atoms with Crippen LogP contribution in [0.25, 0.3) is 0 Å². The molecule has 0 aliphatic carbocycles. The van der Waals surface area contributed by atoms with Gasteiger partial charge in [0.2, 0.25) is 0 Å². The summed E-state index contributed by atoms with van der Waals surface area (Å²) in [5.74, 6) is 0.688. The van der Waals surface area contributed by atoms with E-state index in [1.807, 2.05) is 19.1 Å². The molecule has 2 rings (SSSR count). The van der Waals surface area contributed by atoms with Gasteiger partial charge in [0.05, 0.1) is 22.3 Å². The van der Waals surface area contributed by atoms with E-state index >= 15 is 0 Å². The first-order valence-corrected chi connectivity index (χ1v) is 5.88. The Morgan fingerprint density at radius 3 is 2.83 bits per heavy atom. The Balaban J connectivity index is 2.26. The van der Waals surface area contributed by atoms with Gasteiger partial charge in [0.25, 0.3) is 0 Å². The van der Waals surface area contributed by atoms with Crippen LogP contribution in [0.3, 0.4) is 0 Å². The standard InChI is InChI=1S/C13H11ClN4/c1-2-10-6-13(17-8-16-10)18-12-4-3-9(7-15)5-11(12)14/h3-6,8H,2H2,1H3,(H,16,17,18). The van der Waals surface area contributed by atoms with Crippen LogP contribution in [0.1, 0.15) is 18.2 Å². The molecule has 0 spiro atoms. The maximum atomic E-state index is 8.76. The minimum Gasteiger partial charge on any atom is -0.339 e. The lowest BCUT2D eigenvalue weighted by Gasteiger charge is -2.08. The summed E-state index contributed by atoms with van der Waals surface area (Å²) < 4.78 is 0. The highest BCUT2D eigenvalue weighted by Crippen LogP contribution is 2.25. The van der Waals surface area contributed by atoms with Crippen molar-refractivity contribution in [3.8, 4) is 6.07 Å². The van der Waals surface area contributed by atoms with Crippen LogP contribution in [0.2, 0.25) is 5.02 Å². The molecule has 0 bridgehead atoms. The van der Waals surface area contributed by atoms with E-state index in [-0.39, 0.29) is 0 Å². The third-order valence-electron chi connectivity index (χ3n) is 2.45. The molecule has 0 atom stereocenters. The van der Waals surface area contributed by atoms with Crippen molar-refractivity contribution in [1.82, 2.24) is 9.97 Å². The summed E-state index contributed by atoms with van der Waals surface area (Å²) >= 11 is 6.07. The van der Waals surface area contributed by atoms with Crippen molar-refractivity contribution in [2.45, 2.75) is 13.3 Å². The number of hydrogen-bond acceptors (Lipinski definition) is 4. The van der Waals surface area contributed by atoms with Crippen LogP contribution in [0, 0.1) is 11.3 Å². The number of anilines is 2. The van der Waals surface area contributed by atoms with Crippen LogP contribution in [0.15, 0.2) is 30.6 Å². The van der Waals surface area contributed by atoms with Crippen molar-refractivity contribution in [2.75, 3.05) is 5.32 Å². The fourth-order valence-corrected chi connectivity index (χ4v) is 1.71. The van der Waals surface area contributed by atoms with E-state index in [9.17, 15) is 0 Å². The number of halogens is 1. The molecule has 0 saturated carbocycles. The Morgan fingerprint density at radius 1 is 1.33 bits per heavy atom. The first-order valence-electron chi connectivity index (χ1n) is 5.50. The second kappa shape index (κ2) is 5.48. The van der Waals surface area contributed by atoms with E-state index in [0.29, 0.717) is 16.4 Å². The molecule has 0 amide bonds. The van der Waals surface area contributed by atoms with Crippen LogP contribution >= 0.6 is 11.6 Å².